The highest BCUT2D eigenvalue weighted by atomic mass is 35.5. The number of amides is 1. The molecule has 1 aromatic carbocycles. The summed E-state index contributed by atoms with van der Waals surface area (Å²) in [6.45, 7) is 3.53. The van der Waals surface area contributed by atoms with E-state index in [1.54, 1.807) is 17.0 Å². The molecule has 1 aromatic heterocycles. The molecule has 0 N–H and O–H groups in total. The zero-order chi connectivity index (χ0) is 20.1. The highest BCUT2D eigenvalue weighted by molar-refractivity contribution is 6.30. The molecule has 0 aliphatic carbocycles. The molecule has 0 saturated carbocycles. The largest absolute Gasteiger partial charge is 0.461 e. The molecule has 6 heteroatoms. The monoisotopic (exact) mass is 409 g/mol. The van der Waals surface area contributed by atoms with E-state index in [0.717, 1.165) is 44.6 Å². The van der Waals surface area contributed by atoms with Gasteiger partial charge in [-0.15, -0.1) is 0 Å². The van der Waals surface area contributed by atoms with Crippen LogP contribution in [0.3, 0.4) is 0 Å². The Labute approximate surface area is 176 Å². The summed E-state index contributed by atoms with van der Waals surface area (Å²) in [5.41, 5.74) is 2.89. The van der Waals surface area contributed by atoms with Gasteiger partial charge in [0, 0.05) is 25.8 Å². The Balaban J connectivity index is 1.29. The number of aromatic nitrogens is 1. The van der Waals surface area contributed by atoms with Gasteiger partial charge in [-0.05, 0) is 55.6 Å². The van der Waals surface area contributed by atoms with Crippen molar-refractivity contribution in [2.24, 2.45) is 0 Å². The molecule has 0 unspecified atom stereocenters. The third kappa shape index (κ3) is 4.69. The molecule has 2 aromatic rings. The van der Waals surface area contributed by atoms with Gasteiger partial charge in [-0.2, -0.15) is 0 Å². The van der Waals surface area contributed by atoms with E-state index in [1.165, 1.54) is 11.8 Å². The van der Waals surface area contributed by atoms with Crippen LogP contribution in [0, 0.1) is 0 Å². The van der Waals surface area contributed by atoms with Gasteiger partial charge in [0.15, 0.2) is 0 Å². The van der Waals surface area contributed by atoms with Gasteiger partial charge in [-0.25, -0.2) is 0 Å². The van der Waals surface area contributed by atoms with Crippen molar-refractivity contribution in [3.8, 4) is 5.75 Å². The van der Waals surface area contributed by atoms with Gasteiger partial charge < -0.3 is 4.74 Å². The second kappa shape index (κ2) is 9.25. The third-order valence-electron chi connectivity index (χ3n) is 5.23. The van der Waals surface area contributed by atoms with Crippen LogP contribution in [0.15, 0.2) is 66.2 Å². The second-order valence-corrected chi connectivity index (χ2v) is 7.61. The average molecular weight is 410 g/mol. The molecule has 0 atom stereocenters. The van der Waals surface area contributed by atoms with Crippen molar-refractivity contribution in [2.45, 2.75) is 19.3 Å². The van der Waals surface area contributed by atoms with Crippen molar-refractivity contribution in [1.29, 1.82) is 0 Å². The van der Waals surface area contributed by atoms with Crippen molar-refractivity contribution < 1.29 is 9.53 Å². The lowest BCUT2D eigenvalue weighted by molar-refractivity contribution is 0.0814. The molecule has 0 radical (unpaired) electrons. The summed E-state index contributed by atoms with van der Waals surface area (Å²) in [7, 11) is 0. The van der Waals surface area contributed by atoms with E-state index in [1.807, 2.05) is 30.5 Å². The summed E-state index contributed by atoms with van der Waals surface area (Å²) in [6, 6.07) is 13.3. The quantitative estimate of drug-likeness (QED) is 0.519. The van der Waals surface area contributed by atoms with E-state index < -0.39 is 0 Å². The molecule has 2 aliphatic heterocycles. The lowest BCUT2D eigenvalue weighted by atomic mass is 10.1. The molecule has 5 nitrogen and oxygen atoms in total. The topological polar surface area (TPSA) is 45.7 Å². The van der Waals surface area contributed by atoms with Crippen molar-refractivity contribution in [1.82, 2.24) is 14.8 Å². The Morgan fingerprint density at radius 2 is 1.90 bits per heavy atom. The van der Waals surface area contributed by atoms with Crippen LogP contribution >= 0.6 is 11.6 Å². The minimum absolute atomic E-state index is 0.113. The average Bonchev–Trinajstić information content (AvgIpc) is 2.89. The number of carbonyl (C=O) groups excluding carboxylic acids is 1. The first kappa shape index (κ1) is 19.7. The number of carbonyl (C=O) groups is 1. The molecule has 0 spiro atoms. The van der Waals surface area contributed by atoms with Crippen LogP contribution in [-0.4, -0.2) is 46.9 Å². The zero-order valence-corrected chi connectivity index (χ0v) is 17.0. The minimum Gasteiger partial charge on any atom is -0.461 e. The molecule has 3 heterocycles. The predicted molar refractivity (Wildman–Crippen MR) is 115 cm³/mol. The molecule has 0 bridgehead atoms. The summed E-state index contributed by atoms with van der Waals surface area (Å²) in [4.78, 5) is 21.4. The number of halogens is 1. The van der Waals surface area contributed by atoms with Crippen LogP contribution < -0.4 is 4.74 Å². The fraction of sp³-hybridized carbons (Fsp3) is 0.304. The maximum atomic E-state index is 12.8. The van der Waals surface area contributed by atoms with Gasteiger partial charge in [0.2, 0.25) is 0 Å². The molecule has 4 rings (SSSR count). The molecular formula is C23H24ClN3O2. The van der Waals surface area contributed by atoms with Gasteiger partial charge in [0.05, 0.1) is 11.3 Å². The van der Waals surface area contributed by atoms with Crippen LogP contribution in [0.5, 0.6) is 5.75 Å². The first-order valence-electron chi connectivity index (χ1n) is 9.98. The Hall–Kier alpha value is -2.63. The highest BCUT2D eigenvalue weighted by Crippen LogP contribution is 2.27. The number of nitrogens with zero attached hydrogens (tertiary/aromatic N) is 3. The number of hydrogen-bond donors (Lipinski definition) is 0. The number of pyridine rings is 1. The zero-order valence-electron chi connectivity index (χ0n) is 16.3. The van der Waals surface area contributed by atoms with E-state index >= 15 is 0 Å². The summed E-state index contributed by atoms with van der Waals surface area (Å²) < 4.78 is 5.54. The summed E-state index contributed by atoms with van der Waals surface area (Å²) >= 11 is 6.30. The number of fused-ring (bicyclic) bond motifs is 1. The smallest absolute Gasteiger partial charge is 0.262 e. The molecule has 150 valence electrons. The lowest BCUT2D eigenvalue weighted by Gasteiger charge is -2.27. The van der Waals surface area contributed by atoms with Crippen LogP contribution in [0.1, 0.15) is 35.3 Å². The number of benzene rings is 1. The fourth-order valence-corrected chi connectivity index (χ4v) is 3.92. The molecule has 29 heavy (non-hydrogen) atoms. The highest BCUT2D eigenvalue weighted by Gasteiger charge is 2.25. The summed E-state index contributed by atoms with van der Waals surface area (Å²) in [5, 5.41) is 0.324. The van der Waals surface area contributed by atoms with E-state index in [9.17, 15) is 4.79 Å². The van der Waals surface area contributed by atoms with Crippen molar-refractivity contribution in [2.75, 3.05) is 26.2 Å². The van der Waals surface area contributed by atoms with Crippen LogP contribution in [0.2, 0.25) is 0 Å². The van der Waals surface area contributed by atoms with Crippen molar-refractivity contribution >= 4 is 23.1 Å². The Morgan fingerprint density at radius 1 is 1.07 bits per heavy atom. The molecular weight excluding hydrogens is 386 g/mol. The Bertz CT molecular complexity index is 927. The van der Waals surface area contributed by atoms with Gasteiger partial charge in [0.25, 0.3) is 5.91 Å². The second-order valence-electron chi connectivity index (χ2n) is 7.23. The standard InChI is InChI=1S/C23H24ClN3O2/c24-22-17-29-21-11-2-1-9-19(21)23(28)27(22)15-6-5-13-26-14-7-8-18(16-26)20-10-3-4-12-25-20/h1-4,8-12,17H,5-7,13-16H2. The van der Waals surface area contributed by atoms with Crippen LogP contribution in [0.4, 0.5) is 0 Å². The van der Waals surface area contributed by atoms with Gasteiger partial charge in [-0.1, -0.05) is 35.9 Å². The number of rotatable bonds is 6. The Kier molecular flexibility index (Phi) is 6.27. The third-order valence-corrected chi connectivity index (χ3v) is 5.53. The maximum absolute atomic E-state index is 12.8. The van der Waals surface area contributed by atoms with Crippen molar-refractivity contribution in [3.05, 3.63) is 77.4 Å². The summed E-state index contributed by atoms with van der Waals surface area (Å²) in [5.74, 6) is 0.429. The van der Waals surface area contributed by atoms with Crippen LogP contribution in [0.25, 0.3) is 5.57 Å². The van der Waals surface area contributed by atoms with E-state index in [2.05, 4.69) is 22.0 Å². The number of unbranched alkanes of at least 4 members (excludes halogenated alkanes) is 1. The van der Waals surface area contributed by atoms with E-state index in [0.29, 0.717) is 23.0 Å². The molecule has 2 aliphatic rings. The van der Waals surface area contributed by atoms with Crippen molar-refractivity contribution in [3.63, 3.8) is 0 Å². The minimum atomic E-state index is -0.113. The first-order chi connectivity index (χ1) is 14.2. The van der Waals surface area contributed by atoms with E-state index in [-0.39, 0.29) is 5.91 Å². The maximum Gasteiger partial charge on any atom is 0.262 e. The SMILES string of the molecule is O=C1c2ccccc2OC=C(Cl)N1CCCCN1CCC=C(c2ccccn2)C1. The van der Waals surface area contributed by atoms with Gasteiger partial charge in [-0.3, -0.25) is 19.6 Å². The normalized spacial score (nSPS) is 17.1. The number of ether oxygens (including phenoxy) is 1. The van der Waals surface area contributed by atoms with Crippen LogP contribution in [-0.2, 0) is 0 Å². The fourth-order valence-electron chi connectivity index (χ4n) is 3.71. The molecule has 1 amide bonds. The number of para-hydroxylation sites is 1. The summed E-state index contributed by atoms with van der Waals surface area (Å²) in [6.07, 6.45) is 8.48. The Morgan fingerprint density at radius 3 is 2.76 bits per heavy atom. The predicted octanol–water partition coefficient (Wildman–Crippen LogP) is 4.52. The van der Waals surface area contributed by atoms with Gasteiger partial charge >= 0.3 is 0 Å². The number of hydrogen-bond acceptors (Lipinski definition) is 4. The molecule has 0 saturated heterocycles. The van der Waals surface area contributed by atoms with Gasteiger partial charge in [0.1, 0.15) is 17.2 Å². The van der Waals surface area contributed by atoms with E-state index in [4.69, 9.17) is 16.3 Å². The molecule has 0 fully saturated rings. The lowest BCUT2D eigenvalue weighted by Crippen LogP contribution is -2.32. The first-order valence-corrected chi connectivity index (χ1v) is 10.4.